The number of hydrogen-bond acceptors (Lipinski definition) is 3. The molecule has 8 heteroatoms. The smallest absolute Gasteiger partial charge is 0.370 e. The van der Waals surface area contributed by atoms with E-state index in [4.69, 9.17) is 5.73 Å². The third-order valence-electron chi connectivity index (χ3n) is 1.85. The van der Waals surface area contributed by atoms with Gasteiger partial charge in [0.1, 0.15) is 0 Å². The maximum Gasteiger partial charge on any atom is 0.471 e. The molecule has 1 rings (SSSR count). The van der Waals surface area contributed by atoms with Crippen molar-refractivity contribution in [3.63, 3.8) is 0 Å². The van der Waals surface area contributed by atoms with E-state index in [2.05, 4.69) is 0 Å². The molecular weight excluding hydrogens is 257 g/mol. The van der Waals surface area contributed by atoms with Gasteiger partial charge in [-0.1, -0.05) is 6.07 Å². The summed E-state index contributed by atoms with van der Waals surface area (Å²) < 4.78 is 36.2. The molecule has 0 aromatic carbocycles. The SMILES string of the molecule is NC(=O)C[C@H](NC(=O)C(F)(F)F)c1cccs1. The summed E-state index contributed by atoms with van der Waals surface area (Å²) in [5, 5.41) is 3.36. The Morgan fingerprint density at radius 1 is 1.47 bits per heavy atom. The van der Waals surface area contributed by atoms with Crippen molar-refractivity contribution in [1.29, 1.82) is 0 Å². The molecule has 0 aliphatic heterocycles. The molecular formula is C9H9F3N2O2S. The van der Waals surface area contributed by atoms with Crippen LogP contribution < -0.4 is 11.1 Å². The standard InChI is InChI=1S/C9H9F3N2O2S/c10-9(11,12)8(16)14-5(4-7(13)15)6-2-1-3-17-6/h1-3,5H,4H2,(H2,13,15)(H,14,16)/t5-/m0/s1. The summed E-state index contributed by atoms with van der Waals surface area (Å²) in [6.07, 6.45) is -5.35. The zero-order valence-corrected chi connectivity index (χ0v) is 9.27. The number of primary amides is 1. The van der Waals surface area contributed by atoms with E-state index in [0.29, 0.717) is 4.88 Å². The van der Waals surface area contributed by atoms with Gasteiger partial charge in [0.2, 0.25) is 5.91 Å². The number of rotatable bonds is 4. The Kier molecular flexibility index (Phi) is 4.11. The first-order valence-electron chi connectivity index (χ1n) is 4.50. The van der Waals surface area contributed by atoms with Gasteiger partial charge in [0.15, 0.2) is 0 Å². The number of nitrogens with one attached hydrogen (secondary N) is 1. The fourth-order valence-electron chi connectivity index (χ4n) is 1.15. The highest BCUT2D eigenvalue weighted by Gasteiger charge is 2.40. The molecule has 17 heavy (non-hydrogen) atoms. The third kappa shape index (κ3) is 4.06. The number of halogens is 3. The Balaban J connectivity index is 2.79. The number of carbonyl (C=O) groups is 2. The van der Waals surface area contributed by atoms with Crippen LogP contribution in [0.5, 0.6) is 0 Å². The number of thiophene rings is 1. The Morgan fingerprint density at radius 3 is 2.53 bits per heavy atom. The molecule has 1 aromatic rings. The molecule has 1 atom stereocenters. The van der Waals surface area contributed by atoms with Gasteiger partial charge in [0.25, 0.3) is 0 Å². The molecule has 1 aromatic heterocycles. The summed E-state index contributed by atoms with van der Waals surface area (Å²) in [5.74, 6) is -2.87. The minimum atomic E-state index is -4.98. The van der Waals surface area contributed by atoms with Crippen LogP contribution in [0.15, 0.2) is 17.5 Å². The molecule has 0 aliphatic carbocycles. The van der Waals surface area contributed by atoms with Crippen molar-refractivity contribution in [2.24, 2.45) is 5.73 Å². The zero-order chi connectivity index (χ0) is 13.1. The first kappa shape index (κ1) is 13.5. The maximum absolute atomic E-state index is 12.1. The van der Waals surface area contributed by atoms with Gasteiger partial charge in [-0.2, -0.15) is 13.2 Å². The highest BCUT2D eigenvalue weighted by Crippen LogP contribution is 2.24. The van der Waals surface area contributed by atoms with Gasteiger partial charge in [-0.25, -0.2) is 0 Å². The van der Waals surface area contributed by atoms with E-state index in [-0.39, 0.29) is 6.42 Å². The Bertz CT molecular complexity index is 403. The molecule has 0 fully saturated rings. The van der Waals surface area contributed by atoms with Crippen molar-refractivity contribution in [2.75, 3.05) is 0 Å². The van der Waals surface area contributed by atoms with E-state index in [9.17, 15) is 22.8 Å². The Hall–Kier alpha value is -1.57. The lowest BCUT2D eigenvalue weighted by molar-refractivity contribution is -0.174. The van der Waals surface area contributed by atoms with Crippen molar-refractivity contribution in [3.05, 3.63) is 22.4 Å². The van der Waals surface area contributed by atoms with Crippen LogP contribution in [-0.4, -0.2) is 18.0 Å². The average molecular weight is 266 g/mol. The molecule has 0 aliphatic rings. The predicted molar refractivity (Wildman–Crippen MR) is 55.1 cm³/mol. The summed E-state index contributed by atoms with van der Waals surface area (Å²) in [4.78, 5) is 21.9. The lowest BCUT2D eigenvalue weighted by Crippen LogP contribution is -2.40. The minimum Gasteiger partial charge on any atom is -0.370 e. The first-order chi connectivity index (χ1) is 7.80. The number of hydrogen-bond donors (Lipinski definition) is 2. The summed E-state index contributed by atoms with van der Waals surface area (Å²) in [6, 6.07) is 2.09. The first-order valence-corrected chi connectivity index (χ1v) is 5.38. The van der Waals surface area contributed by atoms with Gasteiger partial charge in [-0.3, -0.25) is 9.59 Å². The van der Waals surface area contributed by atoms with Crippen LogP contribution in [-0.2, 0) is 9.59 Å². The molecule has 3 N–H and O–H groups in total. The van der Waals surface area contributed by atoms with E-state index in [1.807, 2.05) is 0 Å². The summed E-state index contributed by atoms with van der Waals surface area (Å²) >= 11 is 1.14. The highest BCUT2D eigenvalue weighted by molar-refractivity contribution is 7.10. The second kappa shape index (κ2) is 5.17. The molecule has 2 amide bonds. The topological polar surface area (TPSA) is 72.2 Å². The van der Waals surface area contributed by atoms with Crippen molar-refractivity contribution in [3.8, 4) is 0 Å². The molecule has 0 radical (unpaired) electrons. The van der Waals surface area contributed by atoms with Crippen LogP contribution in [0.1, 0.15) is 17.3 Å². The second-order valence-corrected chi connectivity index (χ2v) is 4.19. The third-order valence-corrected chi connectivity index (χ3v) is 2.84. The molecule has 0 bridgehead atoms. The van der Waals surface area contributed by atoms with Crippen molar-refractivity contribution in [1.82, 2.24) is 5.32 Å². The predicted octanol–water partition coefficient (Wildman–Crippen LogP) is 1.34. The van der Waals surface area contributed by atoms with Crippen LogP contribution in [0.25, 0.3) is 0 Å². The molecule has 0 spiro atoms. The minimum absolute atomic E-state index is 0.373. The van der Waals surface area contributed by atoms with Crippen LogP contribution >= 0.6 is 11.3 Å². The number of alkyl halides is 3. The Morgan fingerprint density at radius 2 is 2.12 bits per heavy atom. The fourth-order valence-corrected chi connectivity index (χ4v) is 1.93. The number of amides is 2. The zero-order valence-electron chi connectivity index (χ0n) is 8.45. The molecule has 0 unspecified atom stereocenters. The van der Waals surface area contributed by atoms with E-state index >= 15 is 0 Å². The highest BCUT2D eigenvalue weighted by atomic mass is 32.1. The van der Waals surface area contributed by atoms with Gasteiger partial charge in [-0.05, 0) is 11.4 Å². The maximum atomic E-state index is 12.1. The lowest BCUT2D eigenvalue weighted by atomic mass is 10.1. The summed E-state index contributed by atoms with van der Waals surface area (Å²) in [5.41, 5.74) is 4.92. The quantitative estimate of drug-likeness (QED) is 0.863. The van der Waals surface area contributed by atoms with E-state index in [0.717, 1.165) is 11.3 Å². The number of nitrogens with two attached hydrogens (primary N) is 1. The van der Waals surface area contributed by atoms with Gasteiger partial charge >= 0.3 is 12.1 Å². The molecule has 0 saturated heterocycles. The van der Waals surface area contributed by atoms with Gasteiger partial charge < -0.3 is 11.1 Å². The van der Waals surface area contributed by atoms with E-state index < -0.39 is 24.0 Å². The van der Waals surface area contributed by atoms with Gasteiger partial charge in [-0.15, -0.1) is 11.3 Å². The normalized spacial score (nSPS) is 13.1. The van der Waals surface area contributed by atoms with Crippen molar-refractivity contribution < 1.29 is 22.8 Å². The van der Waals surface area contributed by atoms with E-state index in [1.165, 1.54) is 6.07 Å². The molecule has 1 heterocycles. The molecule has 4 nitrogen and oxygen atoms in total. The van der Waals surface area contributed by atoms with E-state index in [1.54, 1.807) is 16.8 Å². The monoisotopic (exact) mass is 266 g/mol. The second-order valence-electron chi connectivity index (χ2n) is 3.21. The lowest BCUT2D eigenvalue weighted by Gasteiger charge is -2.16. The van der Waals surface area contributed by atoms with Gasteiger partial charge in [0.05, 0.1) is 12.5 Å². The van der Waals surface area contributed by atoms with Crippen LogP contribution in [0.3, 0.4) is 0 Å². The largest absolute Gasteiger partial charge is 0.471 e. The van der Waals surface area contributed by atoms with Crippen LogP contribution in [0, 0.1) is 0 Å². The van der Waals surface area contributed by atoms with Crippen molar-refractivity contribution >= 4 is 23.2 Å². The van der Waals surface area contributed by atoms with Crippen LogP contribution in [0.4, 0.5) is 13.2 Å². The Labute approximate surface area is 98.6 Å². The summed E-state index contributed by atoms with van der Waals surface area (Å²) in [6.45, 7) is 0. The van der Waals surface area contributed by atoms with Crippen LogP contribution in [0.2, 0.25) is 0 Å². The average Bonchev–Trinajstić information content (AvgIpc) is 2.66. The van der Waals surface area contributed by atoms with Gasteiger partial charge in [0, 0.05) is 4.88 Å². The molecule has 94 valence electrons. The number of carbonyl (C=O) groups excluding carboxylic acids is 2. The summed E-state index contributed by atoms with van der Waals surface area (Å²) in [7, 11) is 0. The van der Waals surface area contributed by atoms with Crippen molar-refractivity contribution in [2.45, 2.75) is 18.6 Å². The molecule has 0 saturated carbocycles. The fraction of sp³-hybridized carbons (Fsp3) is 0.333.